The number of thiophene rings is 1. The van der Waals surface area contributed by atoms with Crippen molar-refractivity contribution < 1.29 is 0 Å². The highest BCUT2D eigenvalue weighted by Gasteiger charge is 2.13. The minimum atomic E-state index is -0.214. The van der Waals surface area contributed by atoms with E-state index in [2.05, 4.69) is 16.0 Å². The molecule has 0 bridgehead atoms. The lowest BCUT2D eigenvalue weighted by molar-refractivity contribution is 0.746. The Morgan fingerprint density at radius 3 is 2.88 bits per heavy atom. The molecule has 0 aliphatic rings. The largest absolute Gasteiger partial charge is 0.237 e. The summed E-state index contributed by atoms with van der Waals surface area (Å²) in [5.74, 6) is 0.423. The van der Waals surface area contributed by atoms with E-state index in [0.29, 0.717) is 5.82 Å². The molecule has 0 aliphatic heterocycles. The van der Waals surface area contributed by atoms with Gasteiger partial charge in [-0.05, 0) is 30.9 Å². The second kappa shape index (κ2) is 5.07. The Morgan fingerprint density at radius 2 is 2.29 bits per heavy atom. The number of hydrogen-bond donors (Lipinski definition) is 0. The van der Waals surface area contributed by atoms with Crippen LogP contribution in [0.1, 0.15) is 30.8 Å². The Labute approximate surface area is 105 Å². The van der Waals surface area contributed by atoms with E-state index < -0.39 is 0 Å². The first-order chi connectivity index (χ1) is 8.24. The lowest BCUT2D eigenvalue weighted by Gasteiger charge is -2.07. The van der Waals surface area contributed by atoms with E-state index in [0.717, 1.165) is 22.7 Å². The van der Waals surface area contributed by atoms with Crippen molar-refractivity contribution in [2.45, 2.75) is 26.2 Å². The van der Waals surface area contributed by atoms with Crippen LogP contribution in [0, 0.1) is 18.3 Å². The van der Waals surface area contributed by atoms with Crippen molar-refractivity contribution in [1.29, 1.82) is 5.26 Å². The third-order valence-corrected chi connectivity index (χ3v) is 3.41. The molecule has 4 heteroatoms. The molecule has 2 rings (SSSR count). The summed E-state index contributed by atoms with van der Waals surface area (Å²) in [6.45, 7) is 3.91. The Balaban J connectivity index is 2.47. The zero-order chi connectivity index (χ0) is 12.3. The lowest BCUT2D eigenvalue weighted by atomic mass is 10.1. The SMILES string of the molecule is CCC(C#N)c1nc(C)cc(-c2cccs2)n1. The fourth-order valence-corrected chi connectivity index (χ4v) is 2.32. The van der Waals surface area contributed by atoms with Gasteiger partial charge in [-0.2, -0.15) is 5.26 Å². The Morgan fingerprint density at radius 1 is 1.47 bits per heavy atom. The molecule has 17 heavy (non-hydrogen) atoms. The topological polar surface area (TPSA) is 49.6 Å². The molecule has 2 heterocycles. The highest BCUT2D eigenvalue weighted by molar-refractivity contribution is 7.13. The maximum absolute atomic E-state index is 9.06. The zero-order valence-electron chi connectivity index (χ0n) is 9.84. The van der Waals surface area contributed by atoms with Gasteiger partial charge in [0.15, 0.2) is 0 Å². The summed E-state index contributed by atoms with van der Waals surface area (Å²) in [7, 11) is 0. The summed E-state index contributed by atoms with van der Waals surface area (Å²) in [5, 5.41) is 11.1. The summed E-state index contributed by atoms with van der Waals surface area (Å²) in [6.07, 6.45) is 0.740. The van der Waals surface area contributed by atoms with E-state index in [-0.39, 0.29) is 5.92 Å². The zero-order valence-corrected chi connectivity index (χ0v) is 10.7. The first kappa shape index (κ1) is 11.7. The van der Waals surface area contributed by atoms with Gasteiger partial charge < -0.3 is 0 Å². The van der Waals surface area contributed by atoms with Crippen LogP contribution in [0.4, 0.5) is 0 Å². The van der Waals surface area contributed by atoms with Gasteiger partial charge in [0.25, 0.3) is 0 Å². The molecule has 0 amide bonds. The highest BCUT2D eigenvalue weighted by Crippen LogP contribution is 2.25. The molecule has 3 nitrogen and oxygen atoms in total. The highest BCUT2D eigenvalue weighted by atomic mass is 32.1. The van der Waals surface area contributed by atoms with E-state index >= 15 is 0 Å². The van der Waals surface area contributed by atoms with Crippen LogP contribution in [0.5, 0.6) is 0 Å². The smallest absolute Gasteiger partial charge is 0.146 e. The summed E-state index contributed by atoms with van der Waals surface area (Å²) in [5.41, 5.74) is 1.82. The third kappa shape index (κ3) is 2.51. The molecular weight excluding hydrogens is 230 g/mol. The maximum Gasteiger partial charge on any atom is 0.146 e. The molecule has 1 atom stereocenters. The lowest BCUT2D eigenvalue weighted by Crippen LogP contribution is -2.03. The molecule has 0 saturated heterocycles. The summed E-state index contributed by atoms with van der Waals surface area (Å²) < 4.78 is 0. The number of nitriles is 1. The van der Waals surface area contributed by atoms with Gasteiger partial charge in [0, 0.05) is 5.69 Å². The second-order valence-electron chi connectivity index (χ2n) is 3.82. The van der Waals surface area contributed by atoms with Gasteiger partial charge in [-0.3, -0.25) is 0 Å². The average Bonchev–Trinajstić information content (AvgIpc) is 2.83. The maximum atomic E-state index is 9.06. The molecule has 86 valence electrons. The van der Waals surface area contributed by atoms with Crippen LogP contribution in [-0.4, -0.2) is 9.97 Å². The van der Waals surface area contributed by atoms with Gasteiger partial charge in [0.2, 0.25) is 0 Å². The molecular formula is C13H13N3S. The van der Waals surface area contributed by atoms with E-state index in [1.807, 2.05) is 37.4 Å². The van der Waals surface area contributed by atoms with Gasteiger partial charge in [0.1, 0.15) is 11.7 Å². The van der Waals surface area contributed by atoms with Crippen LogP contribution in [0.2, 0.25) is 0 Å². The first-order valence-electron chi connectivity index (χ1n) is 5.53. The quantitative estimate of drug-likeness (QED) is 0.828. The van der Waals surface area contributed by atoms with Gasteiger partial charge >= 0.3 is 0 Å². The molecule has 2 aromatic heterocycles. The van der Waals surface area contributed by atoms with Crippen LogP contribution in [0.15, 0.2) is 23.6 Å². The van der Waals surface area contributed by atoms with E-state index in [1.54, 1.807) is 11.3 Å². The summed E-state index contributed by atoms with van der Waals surface area (Å²) >= 11 is 1.65. The predicted molar refractivity (Wildman–Crippen MR) is 68.7 cm³/mol. The molecule has 0 fully saturated rings. The van der Waals surface area contributed by atoms with E-state index in [9.17, 15) is 0 Å². The fraction of sp³-hybridized carbons (Fsp3) is 0.308. The molecule has 0 N–H and O–H groups in total. The number of hydrogen-bond acceptors (Lipinski definition) is 4. The second-order valence-corrected chi connectivity index (χ2v) is 4.77. The normalized spacial score (nSPS) is 12.1. The fourth-order valence-electron chi connectivity index (χ4n) is 1.63. The minimum absolute atomic E-state index is 0.214. The van der Waals surface area contributed by atoms with Crippen molar-refractivity contribution in [3.05, 3.63) is 35.1 Å². The van der Waals surface area contributed by atoms with Crippen LogP contribution >= 0.6 is 11.3 Å². The van der Waals surface area contributed by atoms with Crippen molar-refractivity contribution >= 4 is 11.3 Å². The number of rotatable bonds is 3. The molecule has 0 radical (unpaired) electrons. The van der Waals surface area contributed by atoms with Crippen molar-refractivity contribution in [2.75, 3.05) is 0 Å². The molecule has 2 aromatic rings. The average molecular weight is 243 g/mol. The van der Waals surface area contributed by atoms with Crippen molar-refractivity contribution in [3.8, 4) is 16.6 Å². The third-order valence-electron chi connectivity index (χ3n) is 2.52. The van der Waals surface area contributed by atoms with Crippen LogP contribution < -0.4 is 0 Å². The van der Waals surface area contributed by atoms with Gasteiger partial charge in [-0.1, -0.05) is 13.0 Å². The van der Waals surface area contributed by atoms with E-state index in [4.69, 9.17) is 5.26 Å². The summed E-state index contributed by atoms with van der Waals surface area (Å²) in [6, 6.07) is 8.23. The molecule has 0 aliphatic carbocycles. The predicted octanol–water partition coefficient (Wildman–Crippen LogP) is 3.53. The van der Waals surface area contributed by atoms with Crippen LogP contribution in [-0.2, 0) is 0 Å². The molecule has 1 unspecified atom stereocenters. The van der Waals surface area contributed by atoms with Crippen molar-refractivity contribution in [2.24, 2.45) is 0 Å². The van der Waals surface area contributed by atoms with Crippen LogP contribution in [0.3, 0.4) is 0 Å². The Bertz CT molecular complexity index is 540. The van der Waals surface area contributed by atoms with Gasteiger partial charge in [0.05, 0.1) is 16.6 Å². The van der Waals surface area contributed by atoms with Crippen molar-refractivity contribution in [1.82, 2.24) is 9.97 Å². The summed E-state index contributed by atoms with van der Waals surface area (Å²) in [4.78, 5) is 9.97. The van der Waals surface area contributed by atoms with E-state index in [1.165, 1.54) is 0 Å². The van der Waals surface area contributed by atoms with Crippen molar-refractivity contribution in [3.63, 3.8) is 0 Å². The standard InChI is InChI=1S/C13H13N3S/c1-3-10(8-14)13-15-9(2)7-11(16-13)12-5-4-6-17-12/h4-7,10H,3H2,1-2H3. The monoisotopic (exact) mass is 243 g/mol. The molecule has 0 spiro atoms. The molecule has 0 aromatic carbocycles. The first-order valence-corrected chi connectivity index (χ1v) is 6.41. The Kier molecular flexibility index (Phi) is 3.50. The van der Waals surface area contributed by atoms with Gasteiger partial charge in [-0.15, -0.1) is 11.3 Å². The number of nitrogens with zero attached hydrogens (tertiary/aromatic N) is 3. The van der Waals surface area contributed by atoms with Crippen LogP contribution in [0.25, 0.3) is 10.6 Å². The minimum Gasteiger partial charge on any atom is -0.237 e. The number of aryl methyl sites for hydroxylation is 1. The van der Waals surface area contributed by atoms with Gasteiger partial charge in [-0.25, -0.2) is 9.97 Å². The Hall–Kier alpha value is -1.73. The number of aromatic nitrogens is 2. The molecule has 0 saturated carbocycles.